The van der Waals surface area contributed by atoms with Gasteiger partial charge in [0.2, 0.25) is 0 Å². The fourth-order valence-electron chi connectivity index (χ4n) is 3.01. The largest absolute Gasteiger partial charge is 0.490 e. The van der Waals surface area contributed by atoms with Crippen LogP contribution in [-0.4, -0.2) is 54.5 Å². The molecule has 1 atom stereocenters. The van der Waals surface area contributed by atoms with E-state index in [1.165, 1.54) is 0 Å². The topological polar surface area (TPSA) is 78.9 Å². The Morgan fingerprint density at radius 3 is 3.09 bits per heavy atom. The fourth-order valence-corrected chi connectivity index (χ4v) is 3.01. The maximum absolute atomic E-state index is 12.4. The third-order valence-electron chi connectivity index (χ3n) is 4.20. The molecule has 0 bridgehead atoms. The number of anilines is 1. The van der Waals surface area contributed by atoms with Crippen LogP contribution in [0.25, 0.3) is 0 Å². The first kappa shape index (κ1) is 14.8. The first-order chi connectivity index (χ1) is 10.6. The SMILES string of the molecule is O=C(CN1CCCC(C(=O)O)C1)c1ccc2c(c1)NCCO2. The smallest absolute Gasteiger partial charge is 0.307 e. The molecular formula is C16H20N2O4. The van der Waals surface area contributed by atoms with E-state index >= 15 is 0 Å². The van der Waals surface area contributed by atoms with Gasteiger partial charge in [0, 0.05) is 18.7 Å². The lowest BCUT2D eigenvalue weighted by Crippen LogP contribution is -2.41. The van der Waals surface area contributed by atoms with Crippen molar-refractivity contribution in [3.8, 4) is 5.75 Å². The number of benzene rings is 1. The Morgan fingerprint density at radius 2 is 2.27 bits per heavy atom. The monoisotopic (exact) mass is 304 g/mol. The number of carbonyl (C=O) groups excluding carboxylic acids is 1. The second-order valence-corrected chi connectivity index (χ2v) is 5.82. The molecule has 2 heterocycles. The minimum Gasteiger partial charge on any atom is -0.490 e. The Balaban J connectivity index is 1.65. The first-order valence-electron chi connectivity index (χ1n) is 7.62. The Bertz CT molecular complexity index is 588. The normalized spacial score (nSPS) is 21.4. The molecule has 1 saturated heterocycles. The number of Topliss-reactive ketones (excluding diaryl/α,β-unsaturated/α-hetero) is 1. The quantitative estimate of drug-likeness (QED) is 0.820. The molecule has 0 saturated carbocycles. The Kier molecular flexibility index (Phi) is 4.29. The van der Waals surface area contributed by atoms with Gasteiger partial charge in [-0.3, -0.25) is 14.5 Å². The highest BCUT2D eigenvalue weighted by atomic mass is 16.5. The van der Waals surface area contributed by atoms with Crippen LogP contribution >= 0.6 is 0 Å². The van der Waals surface area contributed by atoms with E-state index in [0.717, 1.165) is 30.9 Å². The van der Waals surface area contributed by atoms with Crippen molar-refractivity contribution in [2.45, 2.75) is 12.8 Å². The number of carboxylic acid groups (broad SMARTS) is 1. The molecule has 2 N–H and O–H groups in total. The number of ether oxygens (including phenoxy) is 1. The number of carbonyl (C=O) groups is 2. The van der Waals surface area contributed by atoms with Crippen LogP contribution in [0.2, 0.25) is 0 Å². The minimum absolute atomic E-state index is 0.0150. The van der Waals surface area contributed by atoms with Crippen molar-refractivity contribution in [2.24, 2.45) is 5.92 Å². The predicted octanol–water partition coefficient (Wildman–Crippen LogP) is 1.47. The van der Waals surface area contributed by atoms with Crippen molar-refractivity contribution in [2.75, 3.05) is 38.1 Å². The lowest BCUT2D eigenvalue weighted by Gasteiger charge is -2.30. The molecule has 1 aromatic carbocycles. The predicted molar refractivity (Wildman–Crippen MR) is 81.6 cm³/mol. The van der Waals surface area contributed by atoms with E-state index in [9.17, 15) is 9.59 Å². The van der Waals surface area contributed by atoms with E-state index in [4.69, 9.17) is 9.84 Å². The molecule has 1 aromatic rings. The molecule has 118 valence electrons. The Morgan fingerprint density at radius 1 is 1.41 bits per heavy atom. The van der Waals surface area contributed by atoms with Crippen molar-refractivity contribution in [1.29, 1.82) is 0 Å². The molecule has 1 unspecified atom stereocenters. The molecule has 2 aliphatic rings. The van der Waals surface area contributed by atoms with Crippen molar-refractivity contribution in [3.05, 3.63) is 23.8 Å². The number of aliphatic carboxylic acids is 1. The molecule has 22 heavy (non-hydrogen) atoms. The van der Waals surface area contributed by atoms with Crippen molar-refractivity contribution in [3.63, 3.8) is 0 Å². The van der Waals surface area contributed by atoms with Gasteiger partial charge in [0.1, 0.15) is 12.4 Å². The van der Waals surface area contributed by atoms with E-state index in [1.807, 2.05) is 17.0 Å². The summed E-state index contributed by atoms with van der Waals surface area (Å²) in [6.45, 7) is 2.86. The van der Waals surface area contributed by atoms with Crippen LogP contribution in [0, 0.1) is 5.92 Å². The van der Waals surface area contributed by atoms with Crippen LogP contribution in [0.4, 0.5) is 5.69 Å². The summed E-state index contributed by atoms with van der Waals surface area (Å²) in [5.41, 5.74) is 1.48. The molecule has 2 aliphatic heterocycles. The van der Waals surface area contributed by atoms with E-state index in [-0.39, 0.29) is 18.2 Å². The van der Waals surface area contributed by atoms with E-state index in [1.54, 1.807) is 6.07 Å². The summed E-state index contributed by atoms with van der Waals surface area (Å²) in [7, 11) is 0. The van der Waals surface area contributed by atoms with Gasteiger partial charge >= 0.3 is 5.97 Å². The number of hydrogen-bond donors (Lipinski definition) is 2. The lowest BCUT2D eigenvalue weighted by atomic mass is 9.97. The van der Waals surface area contributed by atoms with Crippen LogP contribution in [0.1, 0.15) is 23.2 Å². The van der Waals surface area contributed by atoms with Gasteiger partial charge in [0.05, 0.1) is 18.2 Å². The van der Waals surface area contributed by atoms with Gasteiger partial charge in [0.15, 0.2) is 5.78 Å². The average Bonchev–Trinajstić information content (AvgIpc) is 2.54. The highest BCUT2D eigenvalue weighted by Gasteiger charge is 2.26. The number of rotatable bonds is 4. The maximum atomic E-state index is 12.4. The lowest BCUT2D eigenvalue weighted by molar-refractivity contribution is -0.143. The van der Waals surface area contributed by atoms with E-state index < -0.39 is 5.97 Å². The second kappa shape index (κ2) is 6.36. The summed E-state index contributed by atoms with van der Waals surface area (Å²) < 4.78 is 5.50. The number of ketones is 1. The summed E-state index contributed by atoms with van der Waals surface area (Å²) >= 11 is 0. The standard InChI is InChI=1S/C16H20N2O4/c19-14(10-18-6-1-2-12(9-18)16(20)21)11-3-4-15-13(8-11)17-5-7-22-15/h3-4,8,12,17H,1-2,5-7,9-10H2,(H,20,21). The fraction of sp³-hybridized carbons (Fsp3) is 0.500. The molecule has 0 aromatic heterocycles. The number of piperidine rings is 1. The molecule has 1 fully saturated rings. The summed E-state index contributed by atoms with van der Waals surface area (Å²) in [5.74, 6) is -0.347. The number of nitrogens with zero attached hydrogens (tertiary/aromatic N) is 1. The van der Waals surface area contributed by atoms with Crippen molar-refractivity contribution < 1.29 is 19.4 Å². The van der Waals surface area contributed by atoms with Crippen LogP contribution in [0.5, 0.6) is 5.75 Å². The van der Waals surface area contributed by atoms with Crippen molar-refractivity contribution in [1.82, 2.24) is 4.90 Å². The summed E-state index contributed by atoms with van der Waals surface area (Å²) in [5, 5.41) is 12.3. The van der Waals surface area contributed by atoms with Gasteiger partial charge in [-0.15, -0.1) is 0 Å². The Labute approximate surface area is 129 Å². The van der Waals surface area contributed by atoms with Gasteiger partial charge in [-0.1, -0.05) is 0 Å². The number of likely N-dealkylation sites (tertiary alicyclic amines) is 1. The summed E-state index contributed by atoms with van der Waals surface area (Å²) in [6.07, 6.45) is 1.52. The molecule has 3 rings (SSSR count). The zero-order valence-electron chi connectivity index (χ0n) is 12.4. The minimum atomic E-state index is -0.771. The first-order valence-corrected chi connectivity index (χ1v) is 7.62. The highest BCUT2D eigenvalue weighted by molar-refractivity contribution is 5.98. The zero-order chi connectivity index (χ0) is 15.5. The van der Waals surface area contributed by atoms with Crippen LogP contribution in [0.15, 0.2) is 18.2 Å². The van der Waals surface area contributed by atoms with E-state index in [0.29, 0.717) is 25.1 Å². The zero-order valence-corrected chi connectivity index (χ0v) is 12.4. The van der Waals surface area contributed by atoms with E-state index in [2.05, 4.69) is 5.32 Å². The number of hydrogen-bond acceptors (Lipinski definition) is 5. The van der Waals surface area contributed by atoms with Gasteiger partial charge in [-0.25, -0.2) is 0 Å². The maximum Gasteiger partial charge on any atom is 0.307 e. The molecule has 6 heteroatoms. The van der Waals surface area contributed by atoms with Crippen LogP contribution < -0.4 is 10.1 Å². The van der Waals surface area contributed by atoms with Crippen LogP contribution in [0.3, 0.4) is 0 Å². The van der Waals surface area contributed by atoms with Crippen LogP contribution in [-0.2, 0) is 4.79 Å². The molecular weight excluding hydrogens is 284 g/mol. The van der Waals surface area contributed by atoms with Gasteiger partial charge < -0.3 is 15.2 Å². The number of nitrogens with one attached hydrogen (secondary N) is 1. The number of carboxylic acids is 1. The van der Waals surface area contributed by atoms with Gasteiger partial charge in [-0.05, 0) is 37.6 Å². The molecule has 0 spiro atoms. The average molecular weight is 304 g/mol. The van der Waals surface area contributed by atoms with Gasteiger partial charge in [0.25, 0.3) is 0 Å². The molecule has 0 aliphatic carbocycles. The molecule has 0 amide bonds. The summed E-state index contributed by atoms with van der Waals surface area (Å²) in [6, 6.07) is 5.40. The molecule has 0 radical (unpaired) electrons. The second-order valence-electron chi connectivity index (χ2n) is 5.82. The Hall–Kier alpha value is -2.08. The van der Waals surface area contributed by atoms with Gasteiger partial charge in [-0.2, -0.15) is 0 Å². The third-order valence-corrected chi connectivity index (χ3v) is 4.20. The highest BCUT2D eigenvalue weighted by Crippen LogP contribution is 2.28. The van der Waals surface area contributed by atoms with Crippen molar-refractivity contribution >= 4 is 17.4 Å². The number of fused-ring (bicyclic) bond motifs is 1. The summed E-state index contributed by atoms with van der Waals surface area (Å²) in [4.78, 5) is 25.4. The molecule has 6 nitrogen and oxygen atoms in total. The third kappa shape index (κ3) is 3.22.